The number of aromatic nitrogens is 3. The zero-order valence-corrected chi connectivity index (χ0v) is 17.5. The van der Waals surface area contributed by atoms with Crippen molar-refractivity contribution in [1.82, 2.24) is 14.8 Å². The van der Waals surface area contributed by atoms with Crippen LogP contribution in [0.15, 0.2) is 84.9 Å². The van der Waals surface area contributed by atoms with Crippen molar-refractivity contribution >= 4 is 11.6 Å². The van der Waals surface area contributed by atoms with Gasteiger partial charge in [0.15, 0.2) is 5.82 Å². The van der Waals surface area contributed by atoms with E-state index in [1.807, 2.05) is 36.4 Å². The number of halogens is 1. The molecule has 0 spiro atoms. The van der Waals surface area contributed by atoms with Gasteiger partial charge in [-0.15, -0.1) is 10.2 Å². The first kappa shape index (κ1) is 19.4. The highest BCUT2D eigenvalue weighted by atomic mass is 35.5. The normalized spacial score (nSPS) is 11.6. The summed E-state index contributed by atoms with van der Waals surface area (Å²) in [6.45, 7) is 5.22. The van der Waals surface area contributed by atoms with Crippen LogP contribution in [0.3, 0.4) is 0 Å². The van der Waals surface area contributed by atoms with E-state index in [4.69, 9.17) is 11.6 Å². The van der Waals surface area contributed by atoms with E-state index in [1.54, 1.807) is 0 Å². The summed E-state index contributed by atoms with van der Waals surface area (Å²) in [5.41, 5.74) is 3.27. The Bertz CT molecular complexity index is 1070. The molecule has 0 unspecified atom stereocenters. The fraction of sp³-hybridized carbons (Fsp3) is 0.200. The van der Waals surface area contributed by atoms with Gasteiger partial charge in [0.25, 0.3) is 0 Å². The van der Waals surface area contributed by atoms with Crippen LogP contribution in [-0.2, 0) is 18.4 Å². The van der Waals surface area contributed by atoms with Gasteiger partial charge in [-0.25, -0.2) is 0 Å². The monoisotopic (exact) mass is 401 g/mol. The first-order valence-electron chi connectivity index (χ1n) is 9.85. The zero-order chi connectivity index (χ0) is 20.3. The smallest absolute Gasteiger partial charge is 0.163 e. The van der Waals surface area contributed by atoms with Crippen molar-refractivity contribution in [3.8, 4) is 11.4 Å². The molecule has 0 aliphatic heterocycles. The Morgan fingerprint density at radius 3 is 2.07 bits per heavy atom. The van der Waals surface area contributed by atoms with Gasteiger partial charge in [0.05, 0.1) is 0 Å². The summed E-state index contributed by atoms with van der Waals surface area (Å²) < 4.78 is 2.25. The molecule has 0 aliphatic carbocycles. The SMILES string of the molecule is CC(C)(c1ccccc1)c1nnc(-c2ccc(Cl)cc2)n1CCc1ccccc1. The van der Waals surface area contributed by atoms with Gasteiger partial charge >= 0.3 is 0 Å². The van der Waals surface area contributed by atoms with E-state index in [0.29, 0.717) is 5.02 Å². The molecule has 4 rings (SSSR count). The molecule has 1 heterocycles. The summed E-state index contributed by atoms with van der Waals surface area (Å²) in [5.74, 6) is 1.83. The third-order valence-corrected chi connectivity index (χ3v) is 5.63. The second-order valence-electron chi connectivity index (χ2n) is 7.73. The van der Waals surface area contributed by atoms with E-state index in [1.165, 1.54) is 11.1 Å². The standard InChI is InChI=1S/C25H24ClN3/c1-25(2,21-11-7-4-8-12-21)24-28-27-23(20-13-15-22(26)16-14-20)29(24)18-17-19-9-5-3-6-10-19/h3-16H,17-18H2,1-2H3. The van der Waals surface area contributed by atoms with Gasteiger partial charge in [0.2, 0.25) is 0 Å². The minimum Gasteiger partial charge on any atom is -0.310 e. The molecule has 0 aliphatic rings. The van der Waals surface area contributed by atoms with Crippen molar-refractivity contribution in [2.24, 2.45) is 0 Å². The molecule has 1 aromatic heterocycles. The average Bonchev–Trinajstić information content (AvgIpc) is 3.19. The molecule has 4 aromatic rings. The van der Waals surface area contributed by atoms with Crippen molar-refractivity contribution in [2.75, 3.05) is 0 Å². The minimum absolute atomic E-state index is 0.268. The Balaban J connectivity index is 1.77. The zero-order valence-electron chi connectivity index (χ0n) is 16.7. The summed E-state index contributed by atoms with van der Waals surface area (Å²) >= 11 is 6.10. The second-order valence-corrected chi connectivity index (χ2v) is 8.17. The Morgan fingerprint density at radius 1 is 0.793 bits per heavy atom. The number of nitrogens with zero attached hydrogens (tertiary/aromatic N) is 3. The van der Waals surface area contributed by atoms with Gasteiger partial charge in [-0.1, -0.05) is 72.3 Å². The van der Waals surface area contributed by atoms with Crippen LogP contribution < -0.4 is 0 Å². The summed E-state index contributed by atoms with van der Waals surface area (Å²) in [5, 5.41) is 9.96. The Labute approximate surface area is 177 Å². The molecule has 0 bridgehead atoms. The molecular weight excluding hydrogens is 378 g/mol. The first-order valence-corrected chi connectivity index (χ1v) is 10.2. The maximum atomic E-state index is 6.10. The fourth-order valence-corrected chi connectivity index (χ4v) is 3.79. The third kappa shape index (κ3) is 4.10. The van der Waals surface area contributed by atoms with Crippen LogP contribution in [0.1, 0.15) is 30.8 Å². The lowest BCUT2D eigenvalue weighted by atomic mass is 9.83. The molecule has 0 amide bonds. The maximum absolute atomic E-state index is 6.10. The maximum Gasteiger partial charge on any atom is 0.163 e. The molecule has 4 heteroatoms. The van der Waals surface area contributed by atoms with Gasteiger partial charge in [0, 0.05) is 22.5 Å². The summed E-state index contributed by atoms with van der Waals surface area (Å²) in [7, 11) is 0. The van der Waals surface area contributed by atoms with Gasteiger partial charge in [-0.2, -0.15) is 0 Å². The molecule has 0 saturated carbocycles. The van der Waals surface area contributed by atoms with Gasteiger partial charge in [-0.05, 0) is 55.7 Å². The van der Waals surface area contributed by atoms with Crippen LogP contribution >= 0.6 is 11.6 Å². The first-order chi connectivity index (χ1) is 14.1. The largest absolute Gasteiger partial charge is 0.310 e. The summed E-state index contributed by atoms with van der Waals surface area (Å²) in [6.07, 6.45) is 0.914. The molecule has 0 saturated heterocycles. The lowest BCUT2D eigenvalue weighted by Crippen LogP contribution is -2.25. The number of aryl methyl sites for hydroxylation is 1. The molecule has 0 atom stereocenters. The highest BCUT2D eigenvalue weighted by Gasteiger charge is 2.30. The molecule has 3 aromatic carbocycles. The molecule has 3 nitrogen and oxygen atoms in total. The second kappa shape index (κ2) is 8.22. The van der Waals surface area contributed by atoms with Gasteiger partial charge in [0.1, 0.15) is 5.82 Å². The highest BCUT2D eigenvalue weighted by Crippen LogP contribution is 2.33. The molecule has 0 radical (unpaired) electrons. The van der Waals surface area contributed by atoms with Crippen LogP contribution in [-0.4, -0.2) is 14.8 Å². The van der Waals surface area contributed by atoms with Crippen molar-refractivity contribution in [1.29, 1.82) is 0 Å². The minimum atomic E-state index is -0.268. The Hall–Kier alpha value is -2.91. The molecule has 0 fully saturated rings. The number of rotatable bonds is 6. The lowest BCUT2D eigenvalue weighted by molar-refractivity contribution is 0.531. The van der Waals surface area contributed by atoms with Crippen LogP contribution in [0.4, 0.5) is 0 Å². The van der Waals surface area contributed by atoms with Gasteiger partial charge in [-0.3, -0.25) is 0 Å². The summed E-state index contributed by atoms with van der Waals surface area (Å²) in [6, 6.07) is 28.8. The van der Waals surface area contributed by atoms with Crippen LogP contribution in [0.2, 0.25) is 5.02 Å². The van der Waals surface area contributed by atoms with E-state index in [-0.39, 0.29) is 5.41 Å². The molecule has 29 heavy (non-hydrogen) atoms. The predicted octanol–water partition coefficient (Wildman–Crippen LogP) is 6.17. The van der Waals surface area contributed by atoms with Crippen LogP contribution in [0.5, 0.6) is 0 Å². The van der Waals surface area contributed by atoms with E-state index < -0.39 is 0 Å². The quantitative estimate of drug-likeness (QED) is 0.387. The van der Waals surface area contributed by atoms with Gasteiger partial charge < -0.3 is 4.57 Å². The van der Waals surface area contributed by atoms with Crippen molar-refractivity contribution in [3.63, 3.8) is 0 Å². The number of benzene rings is 3. The Kier molecular flexibility index (Phi) is 5.50. The highest BCUT2D eigenvalue weighted by molar-refractivity contribution is 6.30. The molecule has 0 N–H and O–H groups in total. The van der Waals surface area contributed by atoms with E-state index in [0.717, 1.165) is 30.2 Å². The number of hydrogen-bond acceptors (Lipinski definition) is 2. The summed E-state index contributed by atoms with van der Waals surface area (Å²) in [4.78, 5) is 0. The van der Waals surface area contributed by atoms with E-state index >= 15 is 0 Å². The van der Waals surface area contributed by atoms with Crippen molar-refractivity contribution in [3.05, 3.63) is 107 Å². The molecule has 146 valence electrons. The lowest BCUT2D eigenvalue weighted by Gasteiger charge is -2.25. The topological polar surface area (TPSA) is 30.7 Å². The third-order valence-electron chi connectivity index (χ3n) is 5.37. The van der Waals surface area contributed by atoms with E-state index in [2.05, 4.69) is 77.1 Å². The predicted molar refractivity (Wildman–Crippen MR) is 119 cm³/mol. The van der Waals surface area contributed by atoms with E-state index in [9.17, 15) is 0 Å². The average molecular weight is 402 g/mol. The molecular formula is C25H24ClN3. The fourth-order valence-electron chi connectivity index (χ4n) is 3.66. The Morgan fingerprint density at radius 2 is 1.41 bits per heavy atom. The van der Waals surface area contributed by atoms with Crippen molar-refractivity contribution in [2.45, 2.75) is 32.2 Å². The van der Waals surface area contributed by atoms with Crippen LogP contribution in [0.25, 0.3) is 11.4 Å². The number of hydrogen-bond donors (Lipinski definition) is 0. The van der Waals surface area contributed by atoms with Crippen LogP contribution in [0, 0.1) is 0 Å². The van der Waals surface area contributed by atoms with Crippen molar-refractivity contribution < 1.29 is 0 Å².